The lowest BCUT2D eigenvalue weighted by molar-refractivity contribution is 0.159. The Labute approximate surface area is 123 Å². The summed E-state index contributed by atoms with van der Waals surface area (Å²) in [6, 6.07) is 8.43. The molecule has 0 aromatic heterocycles. The lowest BCUT2D eigenvalue weighted by Gasteiger charge is -2.33. The first-order valence-corrected chi connectivity index (χ1v) is 7.83. The zero-order valence-corrected chi connectivity index (χ0v) is 12.8. The van der Waals surface area contributed by atoms with Crippen LogP contribution in [0.15, 0.2) is 24.3 Å². The number of nitrogens with two attached hydrogens (primary N) is 1. The van der Waals surface area contributed by atoms with Crippen LogP contribution in [0.1, 0.15) is 39.0 Å². The maximum absolute atomic E-state index is 5.73. The summed E-state index contributed by atoms with van der Waals surface area (Å²) in [7, 11) is 2.25. The van der Waals surface area contributed by atoms with Crippen LogP contribution < -0.4 is 10.5 Å². The number of nitrogens with zero attached hydrogens (tertiary/aromatic N) is 1. The van der Waals surface area contributed by atoms with Crippen LogP contribution in [-0.4, -0.2) is 31.1 Å². The highest BCUT2D eigenvalue weighted by atomic mass is 16.5. The van der Waals surface area contributed by atoms with Crippen LogP contribution in [0.3, 0.4) is 0 Å². The van der Waals surface area contributed by atoms with Crippen LogP contribution in [0.2, 0.25) is 0 Å². The molecule has 0 unspecified atom stereocenters. The normalized spacial score (nSPS) is 22.9. The van der Waals surface area contributed by atoms with Gasteiger partial charge in [-0.15, -0.1) is 0 Å². The van der Waals surface area contributed by atoms with E-state index in [4.69, 9.17) is 10.5 Å². The number of hydrogen-bond acceptors (Lipinski definition) is 3. The predicted octanol–water partition coefficient (Wildman–Crippen LogP) is 3.55. The third-order valence-corrected chi connectivity index (χ3v) is 4.39. The molecular weight excluding hydrogens is 248 g/mol. The van der Waals surface area contributed by atoms with Gasteiger partial charge in [-0.05, 0) is 57.2 Å². The Bertz CT molecular complexity index is 400. The molecule has 3 nitrogen and oxygen atoms in total. The molecular formula is C17H28N2O. The van der Waals surface area contributed by atoms with Gasteiger partial charge in [-0.2, -0.15) is 0 Å². The maximum Gasteiger partial charge on any atom is 0.121 e. The molecule has 1 aliphatic carbocycles. The molecule has 2 N–H and O–H groups in total. The van der Waals surface area contributed by atoms with Crippen molar-refractivity contribution in [2.75, 3.05) is 25.9 Å². The van der Waals surface area contributed by atoms with Gasteiger partial charge in [-0.25, -0.2) is 0 Å². The minimum atomic E-state index is 0.760. The minimum absolute atomic E-state index is 0.760. The van der Waals surface area contributed by atoms with Crippen LogP contribution in [0.4, 0.5) is 5.69 Å². The Hall–Kier alpha value is -1.22. The van der Waals surface area contributed by atoms with Gasteiger partial charge in [0.1, 0.15) is 5.75 Å². The standard InChI is InChI=1S/C17H28N2O/c1-14-7-9-16(10-8-14)19(2)11-4-12-20-17-6-3-5-15(18)13-17/h3,5-6,13-14,16H,4,7-12,18H2,1-2H3. The molecule has 1 aliphatic rings. The average Bonchev–Trinajstić information content (AvgIpc) is 2.44. The smallest absolute Gasteiger partial charge is 0.121 e. The summed E-state index contributed by atoms with van der Waals surface area (Å²) in [4.78, 5) is 2.51. The summed E-state index contributed by atoms with van der Waals surface area (Å²) in [5.41, 5.74) is 6.49. The third kappa shape index (κ3) is 4.71. The Morgan fingerprint density at radius 2 is 2.00 bits per heavy atom. The van der Waals surface area contributed by atoms with E-state index >= 15 is 0 Å². The molecule has 1 aromatic carbocycles. The summed E-state index contributed by atoms with van der Waals surface area (Å²) < 4.78 is 5.73. The molecule has 2 rings (SSSR count). The van der Waals surface area contributed by atoms with Crippen LogP contribution in [0, 0.1) is 5.92 Å². The van der Waals surface area contributed by atoms with Crippen LogP contribution in [0.5, 0.6) is 5.75 Å². The molecule has 0 heterocycles. The van der Waals surface area contributed by atoms with Gasteiger partial charge in [0.2, 0.25) is 0 Å². The lowest BCUT2D eigenvalue weighted by atomic mass is 9.87. The van der Waals surface area contributed by atoms with Gasteiger partial charge in [-0.1, -0.05) is 13.0 Å². The van der Waals surface area contributed by atoms with Gasteiger partial charge in [-0.3, -0.25) is 0 Å². The molecule has 0 radical (unpaired) electrons. The molecule has 20 heavy (non-hydrogen) atoms. The van der Waals surface area contributed by atoms with Crippen molar-refractivity contribution in [1.82, 2.24) is 4.90 Å². The first-order chi connectivity index (χ1) is 9.65. The Balaban J connectivity index is 1.63. The Morgan fingerprint density at radius 1 is 1.25 bits per heavy atom. The first-order valence-electron chi connectivity index (χ1n) is 7.83. The fourth-order valence-electron chi connectivity index (χ4n) is 2.97. The number of rotatable bonds is 6. The first kappa shape index (κ1) is 15.2. The second-order valence-corrected chi connectivity index (χ2v) is 6.17. The average molecular weight is 276 g/mol. The molecule has 1 saturated carbocycles. The summed E-state index contributed by atoms with van der Waals surface area (Å²) in [6.45, 7) is 4.24. The third-order valence-electron chi connectivity index (χ3n) is 4.39. The molecule has 112 valence electrons. The van der Waals surface area contributed by atoms with Crippen LogP contribution in [-0.2, 0) is 0 Å². The van der Waals surface area contributed by atoms with Crippen molar-refractivity contribution < 1.29 is 4.74 Å². The molecule has 1 fully saturated rings. The van der Waals surface area contributed by atoms with Crippen LogP contribution >= 0.6 is 0 Å². The predicted molar refractivity (Wildman–Crippen MR) is 85.0 cm³/mol. The van der Waals surface area contributed by atoms with E-state index in [1.807, 2.05) is 24.3 Å². The maximum atomic E-state index is 5.73. The molecule has 0 bridgehead atoms. The fraction of sp³-hybridized carbons (Fsp3) is 0.647. The van der Waals surface area contributed by atoms with Crippen molar-refractivity contribution in [2.24, 2.45) is 5.92 Å². The van der Waals surface area contributed by atoms with Gasteiger partial charge in [0, 0.05) is 24.3 Å². The highest BCUT2D eigenvalue weighted by Crippen LogP contribution is 2.26. The molecule has 3 heteroatoms. The van der Waals surface area contributed by atoms with Gasteiger partial charge >= 0.3 is 0 Å². The second-order valence-electron chi connectivity index (χ2n) is 6.17. The van der Waals surface area contributed by atoms with Crippen LogP contribution in [0.25, 0.3) is 0 Å². The van der Waals surface area contributed by atoms with E-state index in [9.17, 15) is 0 Å². The van der Waals surface area contributed by atoms with Crippen molar-refractivity contribution in [3.63, 3.8) is 0 Å². The van der Waals surface area contributed by atoms with E-state index in [1.54, 1.807) is 0 Å². The Morgan fingerprint density at radius 3 is 2.70 bits per heavy atom. The summed E-state index contributed by atoms with van der Waals surface area (Å²) in [5, 5.41) is 0. The summed E-state index contributed by atoms with van der Waals surface area (Å²) >= 11 is 0. The highest BCUT2D eigenvalue weighted by molar-refractivity contribution is 5.43. The molecule has 0 saturated heterocycles. The Kier molecular flexibility index (Phi) is 5.72. The number of anilines is 1. The SMILES string of the molecule is CC1CCC(N(C)CCCOc2cccc(N)c2)CC1. The van der Waals surface area contributed by atoms with E-state index < -0.39 is 0 Å². The minimum Gasteiger partial charge on any atom is -0.493 e. The van der Waals surface area contributed by atoms with E-state index in [2.05, 4.69) is 18.9 Å². The van der Waals surface area contributed by atoms with E-state index in [0.717, 1.165) is 43.0 Å². The van der Waals surface area contributed by atoms with Gasteiger partial charge in [0.25, 0.3) is 0 Å². The van der Waals surface area contributed by atoms with Crippen molar-refractivity contribution in [3.05, 3.63) is 24.3 Å². The monoisotopic (exact) mass is 276 g/mol. The number of hydrogen-bond donors (Lipinski definition) is 1. The summed E-state index contributed by atoms with van der Waals surface area (Å²) in [6.07, 6.45) is 6.54. The van der Waals surface area contributed by atoms with Crippen molar-refractivity contribution in [2.45, 2.75) is 45.1 Å². The van der Waals surface area contributed by atoms with E-state index in [1.165, 1.54) is 25.7 Å². The largest absolute Gasteiger partial charge is 0.493 e. The summed E-state index contributed by atoms with van der Waals surface area (Å²) in [5.74, 6) is 1.80. The lowest BCUT2D eigenvalue weighted by Crippen LogP contribution is -2.35. The van der Waals surface area contributed by atoms with E-state index in [0.29, 0.717) is 0 Å². The number of benzene rings is 1. The van der Waals surface area contributed by atoms with Crippen molar-refractivity contribution >= 4 is 5.69 Å². The zero-order chi connectivity index (χ0) is 14.4. The topological polar surface area (TPSA) is 38.5 Å². The van der Waals surface area contributed by atoms with E-state index in [-0.39, 0.29) is 0 Å². The second kappa shape index (κ2) is 7.53. The molecule has 0 amide bonds. The molecule has 0 atom stereocenters. The van der Waals surface area contributed by atoms with Gasteiger partial charge in [0.05, 0.1) is 6.61 Å². The van der Waals surface area contributed by atoms with Gasteiger partial charge in [0.15, 0.2) is 0 Å². The van der Waals surface area contributed by atoms with Crippen molar-refractivity contribution in [1.29, 1.82) is 0 Å². The fourth-order valence-corrected chi connectivity index (χ4v) is 2.97. The zero-order valence-electron chi connectivity index (χ0n) is 12.8. The van der Waals surface area contributed by atoms with Crippen molar-refractivity contribution in [3.8, 4) is 5.75 Å². The van der Waals surface area contributed by atoms with Gasteiger partial charge < -0.3 is 15.4 Å². The molecule has 0 spiro atoms. The molecule has 0 aliphatic heterocycles. The quantitative estimate of drug-likeness (QED) is 0.638. The number of nitrogen functional groups attached to an aromatic ring is 1. The number of ether oxygens (including phenoxy) is 1. The molecule has 1 aromatic rings. The highest BCUT2D eigenvalue weighted by Gasteiger charge is 2.21.